The first-order chi connectivity index (χ1) is 16.3. The molecule has 188 valence electrons. The molecule has 9 nitrogen and oxygen atoms in total. The van der Waals surface area contributed by atoms with Crippen molar-refractivity contribution in [2.45, 2.75) is 39.3 Å². The van der Waals surface area contributed by atoms with Crippen molar-refractivity contribution in [2.75, 3.05) is 17.5 Å². The Morgan fingerprint density at radius 1 is 1.23 bits per heavy atom. The summed E-state index contributed by atoms with van der Waals surface area (Å²) >= 11 is 3.19. The molecule has 1 aliphatic heterocycles. The van der Waals surface area contributed by atoms with Gasteiger partial charge in [0.25, 0.3) is 5.91 Å². The molecule has 13 heteroatoms. The van der Waals surface area contributed by atoms with E-state index in [1.807, 2.05) is 4.72 Å². The smallest absolute Gasteiger partial charge is 0.326 e. The third-order valence-corrected chi connectivity index (χ3v) is 9.17. The first kappa shape index (κ1) is 25.6. The number of carbonyl (C=O) groups is 1. The molecule has 35 heavy (non-hydrogen) atoms. The largest absolute Gasteiger partial charge is 0.425 e. The van der Waals surface area contributed by atoms with E-state index in [4.69, 9.17) is 9.47 Å². The maximum atomic E-state index is 14.3. The number of aromatic nitrogens is 2. The Bertz CT molecular complexity index is 1410. The van der Waals surface area contributed by atoms with E-state index in [0.29, 0.717) is 23.4 Å². The number of halogens is 2. The highest BCUT2D eigenvalue weighted by Gasteiger charge is 2.34. The van der Waals surface area contributed by atoms with Gasteiger partial charge < -0.3 is 9.47 Å². The van der Waals surface area contributed by atoms with Crippen molar-refractivity contribution in [1.82, 2.24) is 14.3 Å². The molecule has 0 unspecified atom stereocenters. The minimum atomic E-state index is -3.96. The summed E-state index contributed by atoms with van der Waals surface area (Å²) in [5, 5.41) is 0. The van der Waals surface area contributed by atoms with Crippen molar-refractivity contribution in [2.24, 2.45) is 0 Å². The molecular formula is C22H26BrFN4O5SSi. The summed E-state index contributed by atoms with van der Waals surface area (Å²) in [4.78, 5) is 16.2. The molecule has 1 N–H and O–H groups in total. The number of nitrogens with zero attached hydrogens (tertiary/aromatic N) is 3. The minimum Gasteiger partial charge on any atom is -0.425 e. The van der Waals surface area contributed by atoms with E-state index < -0.39 is 30.0 Å². The second-order valence-electron chi connectivity index (χ2n) is 9.51. The number of hydrogen-bond acceptors (Lipinski definition) is 6. The quantitative estimate of drug-likeness (QED) is 0.308. The van der Waals surface area contributed by atoms with Crippen LogP contribution in [0.4, 0.5) is 10.1 Å². The molecule has 1 saturated heterocycles. The summed E-state index contributed by atoms with van der Waals surface area (Å²) in [5.74, 6) is -0.713. The zero-order valence-electron chi connectivity index (χ0n) is 19.8. The number of fused-ring (bicyclic) bond motifs is 1. The maximum Gasteiger partial charge on any atom is 0.326 e. The fourth-order valence-corrected chi connectivity index (χ4v) is 5.69. The van der Waals surface area contributed by atoms with Crippen molar-refractivity contribution in [3.8, 4) is 11.8 Å². The van der Waals surface area contributed by atoms with Gasteiger partial charge in [-0.3, -0.25) is 9.36 Å². The maximum absolute atomic E-state index is 14.3. The highest BCUT2D eigenvalue weighted by atomic mass is 79.9. The number of imidazole rings is 1. The van der Waals surface area contributed by atoms with Crippen molar-refractivity contribution in [3.63, 3.8) is 0 Å². The first-order valence-electron chi connectivity index (χ1n) is 10.9. The van der Waals surface area contributed by atoms with Crippen LogP contribution in [-0.2, 0) is 26.5 Å². The van der Waals surface area contributed by atoms with Crippen LogP contribution < -0.4 is 13.8 Å². The molecule has 0 bridgehead atoms. The van der Waals surface area contributed by atoms with Gasteiger partial charge in [0.05, 0.1) is 21.2 Å². The summed E-state index contributed by atoms with van der Waals surface area (Å²) in [6.07, 6.45) is 0. The van der Waals surface area contributed by atoms with Gasteiger partial charge in [0.2, 0.25) is 0 Å². The number of rotatable bonds is 8. The second-order valence-corrected chi connectivity index (χ2v) is 17.6. The molecule has 0 atom stereocenters. The molecule has 0 radical (unpaired) electrons. The van der Waals surface area contributed by atoms with Crippen LogP contribution in [0.1, 0.15) is 5.56 Å². The van der Waals surface area contributed by atoms with Crippen molar-refractivity contribution in [1.29, 1.82) is 0 Å². The molecule has 1 amide bonds. The van der Waals surface area contributed by atoms with Crippen molar-refractivity contribution >= 4 is 56.8 Å². The van der Waals surface area contributed by atoms with Gasteiger partial charge in [-0.1, -0.05) is 25.7 Å². The average Bonchev–Trinajstić information content (AvgIpc) is 3.21. The number of benzene rings is 2. The van der Waals surface area contributed by atoms with Gasteiger partial charge in [0, 0.05) is 26.8 Å². The van der Waals surface area contributed by atoms with Crippen LogP contribution >= 0.6 is 15.9 Å². The van der Waals surface area contributed by atoms with E-state index in [-0.39, 0.29) is 29.4 Å². The number of ether oxygens (including phenoxy) is 2. The standard InChI is InChI=1S/C22H26BrFN4O5SSi/c1-14-5-6-15(28-12-21(29)26-34(28,30)31)9-20(14)33-22-25-18-10-16(23)17(24)11-19(18)27(22)13-32-7-8-35(2,3)4/h5-6,9-11H,7-8,12-13H2,1-4H3,(H,26,29). The lowest BCUT2D eigenvalue weighted by Gasteiger charge is -2.18. The monoisotopic (exact) mass is 584 g/mol. The van der Waals surface area contributed by atoms with Crippen LogP contribution in [-0.4, -0.2) is 45.1 Å². The number of anilines is 1. The van der Waals surface area contributed by atoms with Gasteiger partial charge in [-0.05, 0) is 46.6 Å². The molecule has 1 aliphatic rings. The zero-order valence-corrected chi connectivity index (χ0v) is 23.2. The van der Waals surface area contributed by atoms with Gasteiger partial charge in [-0.25, -0.2) is 13.4 Å². The molecule has 1 fully saturated rings. The molecule has 0 aliphatic carbocycles. The average molecular weight is 586 g/mol. The van der Waals surface area contributed by atoms with Crippen LogP contribution in [0.25, 0.3) is 11.0 Å². The molecule has 1 aromatic heterocycles. The highest BCUT2D eigenvalue weighted by Crippen LogP contribution is 2.34. The molecule has 0 spiro atoms. The fraction of sp³-hybridized carbons (Fsp3) is 0.364. The Hall–Kier alpha value is -2.48. The highest BCUT2D eigenvalue weighted by molar-refractivity contribution is 9.10. The summed E-state index contributed by atoms with van der Waals surface area (Å²) in [7, 11) is -5.26. The normalized spacial score (nSPS) is 15.6. The molecule has 2 heterocycles. The summed E-state index contributed by atoms with van der Waals surface area (Å²) in [6.45, 7) is 8.90. The lowest BCUT2D eigenvalue weighted by atomic mass is 10.2. The van der Waals surface area contributed by atoms with Crippen LogP contribution in [0.15, 0.2) is 34.8 Å². The van der Waals surface area contributed by atoms with E-state index in [2.05, 4.69) is 40.6 Å². The second kappa shape index (κ2) is 9.52. The lowest BCUT2D eigenvalue weighted by Crippen LogP contribution is -2.29. The van der Waals surface area contributed by atoms with Gasteiger partial charge in [0.15, 0.2) is 0 Å². The third-order valence-electron chi connectivity index (χ3n) is 5.45. The summed E-state index contributed by atoms with van der Waals surface area (Å²) in [6, 6.07) is 8.87. The van der Waals surface area contributed by atoms with Crippen LogP contribution in [0, 0.1) is 12.7 Å². The summed E-state index contributed by atoms with van der Waals surface area (Å²) in [5.41, 5.74) is 1.99. The van der Waals surface area contributed by atoms with E-state index in [1.165, 1.54) is 12.1 Å². The van der Waals surface area contributed by atoms with E-state index in [0.717, 1.165) is 15.9 Å². The third kappa shape index (κ3) is 5.68. The Morgan fingerprint density at radius 3 is 2.63 bits per heavy atom. The molecule has 4 rings (SSSR count). The predicted octanol–water partition coefficient (Wildman–Crippen LogP) is 4.53. The summed E-state index contributed by atoms with van der Waals surface area (Å²) < 4.78 is 55.7. The Kier molecular flexibility index (Phi) is 6.97. The van der Waals surface area contributed by atoms with Gasteiger partial charge in [0.1, 0.15) is 24.8 Å². The van der Waals surface area contributed by atoms with Crippen LogP contribution in [0.3, 0.4) is 0 Å². The van der Waals surface area contributed by atoms with Crippen molar-refractivity contribution < 1.29 is 27.1 Å². The molecule has 0 saturated carbocycles. The van der Waals surface area contributed by atoms with E-state index in [9.17, 15) is 17.6 Å². The Labute approximate surface area is 212 Å². The number of hydrogen-bond donors (Lipinski definition) is 1. The SMILES string of the molecule is Cc1ccc(N2CC(=O)NS2(=O)=O)cc1Oc1nc2cc(Br)c(F)cc2n1COCC[Si](C)(C)C. The van der Waals surface area contributed by atoms with Gasteiger partial charge in [-0.2, -0.15) is 13.4 Å². The van der Waals surface area contributed by atoms with Gasteiger partial charge >= 0.3 is 16.2 Å². The van der Waals surface area contributed by atoms with Gasteiger partial charge in [-0.15, -0.1) is 0 Å². The number of carbonyl (C=O) groups excluding carboxylic acids is 1. The first-order valence-corrected chi connectivity index (χ1v) is 16.8. The topological polar surface area (TPSA) is 103 Å². The van der Waals surface area contributed by atoms with E-state index in [1.54, 1.807) is 29.7 Å². The predicted molar refractivity (Wildman–Crippen MR) is 137 cm³/mol. The number of amides is 1. The molecular weight excluding hydrogens is 559 g/mol. The zero-order chi connectivity index (χ0) is 25.5. The number of aryl methyl sites for hydroxylation is 1. The van der Waals surface area contributed by atoms with Crippen molar-refractivity contribution in [3.05, 3.63) is 46.2 Å². The lowest BCUT2D eigenvalue weighted by molar-refractivity contribution is -0.117. The fourth-order valence-electron chi connectivity index (χ4n) is 3.46. The minimum absolute atomic E-state index is 0.106. The Morgan fingerprint density at radius 2 is 1.97 bits per heavy atom. The Balaban J connectivity index is 1.68. The van der Waals surface area contributed by atoms with E-state index >= 15 is 0 Å². The molecule has 3 aromatic rings. The van der Waals surface area contributed by atoms with Crippen LogP contribution in [0.5, 0.6) is 11.8 Å². The number of nitrogens with one attached hydrogen (secondary N) is 1. The van der Waals surface area contributed by atoms with Crippen LogP contribution in [0.2, 0.25) is 25.7 Å². The molecule has 2 aromatic carbocycles.